The van der Waals surface area contributed by atoms with Gasteiger partial charge in [0, 0.05) is 12.6 Å². The average Bonchev–Trinajstić information content (AvgIpc) is 2.93. The largest absolute Gasteiger partial charge is 0.384 e. The molecular weight excluding hydrogens is 180 g/mol. The molecule has 0 bridgehead atoms. The van der Waals surface area contributed by atoms with E-state index in [4.69, 9.17) is 4.74 Å². The van der Waals surface area contributed by atoms with Crippen molar-refractivity contribution in [3.63, 3.8) is 0 Å². The topological polar surface area (TPSA) is 47.3 Å². The van der Waals surface area contributed by atoms with E-state index in [0.717, 1.165) is 5.69 Å². The Morgan fingerprint density at radius 2 is 2.50 bits per heavy atom. The lowest BCUT2D eigenvalue weighted by Gasteiger charge is -2.12. The molecular formula is C10H16N2O2. The molecule has 78 valence electrons. The van der Waals surface area contributed by atoms with Crippen molar-refractivity contribution in [2.24, 2.45) is 0 Å². The molecule has 4 nitrogen and oxygen atoms in total. The predicted octanol–water partition coefficient (Wildman–Crippen LogP) is 1.29. The molecule has 1 fully saturated rings. The Labute approximate surface area is 83.5 Å². The lowest BCUT2D eigenvalue weighted by Crippen LogP contribution is -2.11. The van der Waals surface area contributed by atoms with Crippen LogP contribution in [-0.4, -0.2) is 27.9 Å². The van der Waals surface area contributed by atoms with Crippen LogP contribution in [0, 0.1) is 0 Å². The van der Waals surface area contributed by atoms with Crippen molar-refractivity contribution >= 4 is 0 Å². The standard InChI is InChI=1S/C10H16N2O2/c1-2-14-6-10(13)9-5-11-7-12(9)8-3-4-8/h5,7-8,10,13H,2-4,6H2,1H3. The number of ether oxygens (including phenoxy) is 1. The van der Waals surface area contributed by atoms with Gasteiger partial charge in [-0.3, -0.25) is 0 Å². The third-order valence-corrected chi connectivity index (χ3v) is 2.46. The van der Waals surface area contributed by atoms with E-state index in [2.05, 4.69) is 9.55 Å². The number of imidazole rings is 1. The number of hydrogen-bond acceptors (Lipinski definition) is 3. The van der Waals surface area contributed by atoms with Crippen LogP contribution in [0.25, 0.3) is 0 Å². The number of nitrogens with zero attached hydrogens (tertiary/aromatic N) is 2. The van der Waals surface area contributed by atoms with Gasteiger partial charge in [-0.2, -0.15) is 0 Å². The van der Waals surface area contributed by atoms with Gasteiger partial charge in [0.2, 0.25) is 0 Å². The van der Waals surface area contributed by atoms with Crippen LogP contribution in [0.15, 0.2) is 12.5 Å². The summed E-state index contributed by atoms with van der Waals surface area (Å²) in [7, 11) is 0. The van der Waals surface area contributed by atoms with Crippen molar-refractivity contribution in [3.05, 3.63) is 18.2 Å². The molecule has 1 aliphatic carbocycles. The minimum absolute atomic E-state index is 0.356. The Hall–Kier alpha value is -0.870. The number of hydrogen-bond donors (Lipinski definition) is 1. The summed E-state index contributed by atoms with van der Waals surface area (Å²) < 4.78 is 7.24. The molecule has 1 aromatic rings. The van der Waals surface area contributed by atoms with E-state index in [9.17, 15) is 5.11 Å². The highest BCUT2D eigenvalue weighted by Crippen LogP contribution is 2.36. The Bertz CT molecular complexity index is 294. The van der Waals surface area contributed by atoms with Crippen molar-refractivity contribution in [2.45, 2.75) is 31.9 Å². The van der Waals surface area contributed by atoms with Gasteiger partial charge in [-0.1, -0.05) is 0 Å². The second kappa shape index (κ2) is 4.11. The SMILES string of the molecule is CCOCC(O)c1cncn1C1CC1. The van der Waals surface area contributed by atoms with Gasteiger partial charge in [0.25, 0.3) is 0 Å². The Morgan fingerprint density at radius 1 is 1.71 bits per heavy atom. The maximum absolute atomic E-state index is 9.81. The monoisotopic (exact) mass is 196 g/mol. The first kappa shape index (κ1) is 9.68. The molecule has 0 aliphatic heterocycles. The summed E-state index contributed by atoms with van der Waals surface area (Å²) in [6, 6.07) is 0.559. The molecule has 0 aromatic carbocycles. The first-order valence-electron chi connectivity index (χ1n) is 5.10. The zero-order chi connectivity index (χ0) is 9.97. The fourth-order valence-electron chi connectivity index (χ4n) is 1.55. The molecule has 1 aromatic heterocycles. The predicted molar refractivity (Wildman–Crippen MR) is 52.0 cm³/mol. The maximum Gasteiger partial charge on any atom is 0.119 e. The summed E-state index contributed by atoms with van der Waals surface area (Å²) in [5.41, 5.74) is 0.876. The summed E-state index contributed by atoms with van der Waals surface area (Å²) in [6.07, 6.45) is 5.37. The molecule has 1 aliphatic rings. The average molecular weight is 196 g/mol. The second-order valence-corrected chi connectivity index (χ2v) is 3.63. The first-order valence-corrected chi connectivity index (χ1v) is 5.10. The smallest absolute Gasteiger partial charge is 0.119 e. The fourth-order valence-corrected chi connectivity index (χ4v) is 1.55. The molecule has 14 heavy (non-hydrogen) atoms. The maximum atomic E-state index is 9.81. The van der Waals surface area contributed by atoms with Crippen molar-refractivity contribution in [1.29, 1.82) is 0 Å². The molecule has 4 heteroatoms. The summed E-state index contributed by atoms with van der Waals surface area (Å²) >= 11 is 0. The Balaban J connectivity index is 2.02. The summed E-state index contributed by atoms with van der Waals surface area (Å²) in [6.45, 7) is 2.91. The van der Waals surface area contributed by atoms with E-state index in [0.29, 0.717) is 19.3 Å². The van der Waals surface area contributed by atoms with Crippen LogP contribution in [0.3, 0.4) is 0 Å². The molecule has 2 rings (SSSR count). The van der Waals surface area contributed by atoms with Crippen molar-refractivity contribution in [2.75, 3.05) is 13.2 Å². The van der Waals surface area contributed by atoms with Crippen LogP contribution in [0.4, 0.5) is 0 Å². The van der Waals surface area contributed by atoms with Crippen LogP contribution in [0.1, 0.15) is 37.6 Å². The third kappa shape index (κ3) is 1.96. The summed E-state index contributed by atoms with van der Waals surface area (Å²) in [5.74, 6) is 0. The van der Waals surface area contributed by atoms with Crippen molar-refractivity contribution in [1.82, 2.24) is 9.55 Å². The minimum atomic E-state index is -0.543. The Kier molecular flexibility index (Phi) is 2.84. The van der Waals surface area contributed by atoms with Crippen LogP contribution in [0.2, 0.25) is 0 Å². The molecule has 1 unspecified atom stereocenters. The second-order valence-electron chi connectivity index (χ2n) is 3.63. The van der Waals surface area contributed by atoms with Crippen LogP contribution in [0.5, 0.6) is 0 Å². The quantitative estimate of drug-likeness (QED) is 0.771. The number of aliphatic hydroxyl groups is 1. The zero-order valence-electron chi connectivity index (χ0n) is 8.39. The molecule has 0 saturated heterocycles. The molecule has 0 spiro atoms. The van der Waals surface area contributed by atoms with E-state index in [1.807, 2.05) is 6.92 Å². The lowest BCUT2D eigenvalue weighted by atomic mass is 10.3. The fraction of sp³-hybridized carbons (Fsp3) is 0.700. The van der Waals surface area contributed by atoms with Gasteiger partial charge in [-0.15, -0.1) is 0 Å². The number of aliphatic hydroxyl groups excluding tert-OH is 1. The zero-order valence-corrected chi connectivity index (χ0v) is 8.39. The molecule has 0 amide bonds. The lowest BCUT2D eigenvalue weighted by molar-refractivity contribution is 0.0378. The molecule has 1 heterocycles. The number of aromatic nitrogens is 2. The van der Waals surface area contributed by atoms with Crippen LogP contribution < -0.4 is 0 Å². The van der Waals surface area contributed by atoms with Crippen molar-refractivity contribution in [3.8, 4) is 0 Å². The van der Waals surface area contributed by atoms with Gasteiger partial charge in [0.15, 0.2) is 0 Å². The van der Waals surface area contributed by atoms with Gasteiger partial charge in [0.05, 0.1) is 24.8 Å². The highest BCUT2D eigenvalue weighted by atomic mass is 16.5. The van der Waals surface area contributed by atoms with Crippen molar-refractivity contribution < 1.29 is 9.84 Å². The third-order valence-electron chi connectivity index (χ3n) is 2.46. The van der Waals surface area contributed by atoms with E-state index in [1.54, 1.807) is 12.5 Å². The summed E-state index contributed by atoms with van der Waals surface area (Å²) in [5, 5.41) is 9.81. The molecule has 1 saturated carbocycles. The highest BCUT2D eigenvalue weighted by Gasteiger charge is 2.27. The summed E-state index contributed by atoms with van der Waals surface area (Å²) in [4.78, 5) is 4.06. The normalized spacial score (nSPS) is 18.4. The minimum Gasteiger partial charge on any atom is -0.384 e. The van der Waals surface area contributed by atoms with Gasteiger partial charge in [0.1, 0.15) is 6.10 Å². The molecule has 1 atom stereocenters. The van der Waals surface area contributed by atoms with Gasteiger partial charge >= 0.3 is 0 Å². The van der Waals surface area contributed by atoms with E-state index >= 15 is 0 Å². The van der Waals surface area contributed by atoms with Gasteiger partial charge in [-0.25, -0.2) is 4.98 Å². The molecule has 0 radical (unpaired) electrons. The van der Waals surface area contributed by atoms with E-state index in [-0.39, 0.29) is 0 Å². The van der Waals surface area contributed by atoms with Gasteiger partial charge < -0.3 is 14.4 Å². The van der Waals surface area contributed by atoms with E-state index in [1.165, 1.54) is 12.8 Å². The van der Waals surface area contributed by atoms with Gasteiger partial charge in [-0.05, 0) is 19.8 Å². The van der Waals surface area contributed by atoms with Crippen LogP contribution in [-0.2, 0) is 4.74 Å². The number of rotatable bonds is 5. The highest BCUT2D eigenvalue weighted by molar-refractivity contribution is 5.06. The van der Waals surface area contributed by atoms with Crippen LogP contribution >= 0.6 is 0 Å². The first-order chi connectivity index (χ1) is 6.83. The van der Waals surface area contributed by atoms with E-state index < -0.39 is 6.10 Å². The Morgan fingerprint density at radius 3 is 3.14 bits per heavy atom. The molecule has 1 N–H and O–H groups in total.